The number of thioether (sulfide) groups is 1. The lowest BCUT2D eigenvalue weighted by Gasteiger charge is -2.13. The zero-order chi connectivity index (χ0) is 20.1. The van der Waals surface area contributed by atoms with E-state index in [1.807, 2.05) is 68.5 Å². The van der Waals surface area contributed by atoms with Crippen LogP contribution in [0, 0.1) is 13.8 Å². The molecule has 5 nitrogen and oxygen atoms in total. The van der Waals surface area contributed by atoms with Gasteiger partial charge in [0.25, 0.3) is 11.1 Å². The second-order valence-corrected chi connectivity index (χ2v) is 7.48. The molecule has 2 aromatic rings. The predicted molar refractivity (Wildman–Crippen MR) is 113 cm³/mol. The van der Waals surface area contributed by atoms with E-state index in [2.05, 4.69) is 5.32 Å². The lowest BCUT2D eigenvalue weighted by molar-refractivity contribution is -0.127. The number of hydrogen-bond acceptors (Lipinski definition) is 4. The van der Waals surface area contributed by atoms with E-state index in [1.54, 1.807) is 12.2 Å². The van der Waals surface area contributed by atoms with Crippen molar-refractivity contribution in [1.82, 2.24) is 4.90 Å². The van der Waals surface area contributed by atoms with Crippen molar-refractivity contribution in [3.63, 3.8) is 0 Å². The third kappa shape index (κ3) is 4.98. The molecule has 3 amide bonds. The second-order valence-electron chi connectivity index (χ2n) is 6.48. The van der Waals surface area contributed by atoms with Gasteiger partial charge in [0.15, 0.2) is 0 Å². The van der Waals surface area contributed by atoms with Gasteiger partial charge in [0.1, 0.15) is 6.54 Å². The Kier molecular flexibility index (Phi) is 6.11. The summed E-state index contributed by atoms with van der Waals surface area (Å²) in [6, 6.07) is 15.3. The molecule has 6 heteroatoms. The third-order valence-corrected chi connectivity index (χ3v) is 4.94. The number of nitrogens with zero attached hydrogens (tertiary/aromatic N) is 1. The minimum absolute atomic E-state index is 0.302. The van der Waals surface area contributed by atoms with Crippen molar-refractivity contribution in [3.8, 4) is 0 Å². The highest BCUT2D eigenvalue weighted by Crippen LogP contribution is 2.30. The summed E-state index contributed by atoms with van der Waals surface area (Å²) in [7, 11) is 0. The monoisotopic (exact) mass is 392 g/mol. The predicted octanol–water partition coefficient (Wildman–Crippen LogP) is 4.53. The van der Waals surface area contributed by atoms with Crippen molar-refractivity contribution in [3.05, 3.63) is 82.3 Å². The average molecular weight is 392 g/mol. The van der Waals surface area contributed by atoms with Gasteiger partial charge in [-0.25, -0.2) is 0 Å². The van der Waals surface area contributed by atoms with E-state index in [4.69, 9.17) is 0 Å². The summed E-state index contributed by atoms with van der Waals surface area (Å²) >= 11 is 0.837. The topological polar surface area (TPSA) is 66.5 Å². The minimum atomic E-state index is -0.455. The van der Waals surface area contributed by atoms with Crippen molar-refractivity contribution in [1.29, 1.82) is 0 Å². The van der Waals surface area contributed by atoms with Gasteiger partial charge >= 0.3 is 0 Å². The molecule has 0 radical (unpaired) electrons. The zero-order valence-corrected chi connectivity index (χ0v) is 16.5. The number of carbonyl (C=O) groups excluding carboxylic acids is 3. The third-order valence-electron chi connectivity index (χ3n) is 4.02. The number of anilines is 1. The molecular weight excluding hydrogens is 372 g/mol. The summed E-state index contributed by atoms with van der Waals surface area (Å²) < 4.78 is 0. The number of nitrogens with one attached hydrogen (secondary N) is 1. The molecule has 0 aromatic heterocycles. The molecule has 0 saturated carbocycles. The van der Waals surface area contributed by atoms with E-state index in [0.717, 1.165) is 33.4 Å². The SMILES string of the molecule is Cc1cc(C)cc(NC(=O)CN2C(=O)S/C(=C/C=C\c3ccccc3)C2=O)c1. The Morgan fingerprint density at radius 2 is 1.75 bits per heavy atom. The molecule has 3 rings (SSSR count). The molecule has 0 unspecified atom stereocenters. The standard InChI is InChI=1S/C22H20N2O3S/c1-15-11-16(2)13-18(12-15)23-20(25)14-24-21(26)19(28-22(24)27)10-6-9-17-7-4-3-5-8-17/h3-13H,14H2,1-2H3,(H,23,25)/b9-6-,19-10+. The fourth-order valence-electron chi connectivity index (χ4n) is 2.85. The number of aryl methyl sites for hydroxylation is 2. The fourth-order valence-corrected chi connectivity index (χ4v) is 3.64. The molecule has 0 spiro atoms. The van der Waals surface area contributed by atoms with Crippen molar-refractivity contribution in [2.75, 3.05) is 11.9 Å². The molecule has 1 N–H and O–H groups in total. The van der Waals surface area contributed by atoms with E-state index in [-0.39, 0.29) is 6.54 Å². The first-order chi connectivity index (χ1) is 13.4. The number of benzene rings is 2. The van der Waals surface area contributed by atoms with Crippen LogP contribution in [0.1, 0.15) is 16.7 Å². The van der Waals surface area contributed by atoms with E-state index in [0.29, 0.717) is 10.6 Å². The maximum absolute atomic E-state index is 12.5. The van der Waals surface area contributed by atoms with Crippen LogP contribution < -0.4 is 5.32 Å². The summed E-state index contributed by atoms with van der Waals surface area (Å²) in [5, 5.41) is 2.30. The molecule has 0 aliphatic carbocycles. The largest absolute Gasteiger partial charge is 0.325 e. The van der Waals surface area contributed by atoms with Gasteiger partial charge in [0.2, 0.25) is 5.91 Å². The van der Waals surface area contributed by atoms with Gasteiger partial charge in [-0.05, 0) is 60.5 Å². The molecule has 0 bridgehead atoms. The quantitative estimate of drug-likeness (QED) is 0.759. The van der Waals surface area contributed by atoms with Crippen LogP contribution in [0.4, 0.5) is 10.5 Å². The number of rotatable bonds is 5. The van der Waals surface area contributed by atoms with Crippen LogP contribution in [0.3, 0.4) is 0 Å². The van der Waals surface area contributed by atoms with Crippen LogP contribution in [-0.2, 0) is 9.59 Å². The van der Waals surface area contributed by atoms with E-state index >= 15 is 0 Å². The van der Waals surface area contributed by atoms with Gasteiger partial charge in [-0.3, -0.25) is 19.3 Å². The Morgan fingerprint density at radius 1 is 1.07 bits per heavy atom. The highest BCUT2D eigenvalue weighted by molar-refractivity contribution is 8.18. The highest BCUT2D eigenvalue weighted by Gasteiger charge is 2.35. The lowest BCUT2D eigenvalue weighted by Crippen LogP contribution is -2.36. The number of hydrogen-bond donors (Lipinski definition) is 1. The highest BCUT2D eigenvalue weighted by atomic mass is 32.2. The Bertz CT molecular complexity index is 960. The summed E-state index contributed by atoms with van der Waals surface area (Å²) in [5.74, 6) is -0.864. The summed E-state index contributed by atoms with van der Waals surface area (Å²) in [6.07, 6.45) is 5.17. The van der Waals surface area contributed by atoms with Crippen LogP contribution in [0.15, 0.2) is 65.6 Å². The molecule has 1 heterocycles. The van der Waals surface area contributed by atoms with Crippen molar-refractivity contribution in [2.45, 2.75) is 13.8 Å². The average Bonchev–Trinajstić information content (AvgIpc) is 2.89. The van der Waals surface area contributed by atoms with Gasteiger partial charge in [0.05, 0.1) is 4.91 Å². The van der Waals surface area contributed by atoms with Gasteiger partial charge in [-0.1, -0.05) is 48.6 Å². The van der Waals surface area contributed by atoms with Gasteiger partial charge < -0.3 is 5.32 Å². The van der Waals surface area contributed by atoms with Crippen LogP contribution in [-0.4, -0.2) is 28.5 Å². The van der Waals surface area contributed by atoms with E-state index in [1.165, 1.54) is 0 Å². The van der Waals surface area contributed by atoms with E-state index < -0.39 is 17.1 Å². The summed E-state index contributed by atoms with van der Waals surface area (Å²) in [6.45, 7) is 3.57. The molecular formula is C22H20N2O3S. The number of imide groups is 1. The first-order valence-corrected chi connectivity index (χ1v) is 9.59. The van der Waals surface area contributed by atoms with Crippen molar-refractivity contribution < 1.29 is 14.4 Å². The van der Waals surface area contributed by atoms with Crippen LogP contribution in [0.2, 0.25) is 0 Å². The maximum Gasteiger partial charge on any atom is 0.294 e. The maximum atomic E-state index is 12.5. The van der Waals surface area contributed by atoms with E-state index in [9.17, 15) is 14.4 Å². The van der Waals surface area contributed by atoms with Gasteiger partial charge in [-0.15, -0.1) is 0 Å². The molecule has 28 heavy (non-hydrogen) atoms. The lowest BCUT2D eigenvalue weighted by atomic mass is 10.1. The molecule has 1 fully saturated rings. The molecule has 1 saturated heterocycles. The smallest absolute Gasteiger partial charge is 0.294 e. The summed E-state index contributed by atoms with van der Waals surface area (Å²) in [4.78, 5) is 38.2. The van der Waals surface area contributed by atoms with Crippen molar-refractivity contribution in [2.24, 2.45) is 0 Å². The number of amides is 3. The number of allylic oxidation sites excluding steroid dienone is 2. The Balaban J connectivity index is 1.64. The van der Waals surface area contributed by atoms with Gasteiger partial charge in [-0.2, -0.15) is 0 Å². The van der Waals surface area contributed by atoms with Crippen LogP contribution in [0.5, 0.6) is 0 Å². The first-order valence-electron chi connectivity index (χ1n) is 8.77. The normalized spacial score (nSPS) is 15.6. The number of carbonyl (C=O) groups is 3. The molecule has 0 atom stereocenters. The molecule has 1 aliphatic rings. The summed E-state index contributed by atoms with van der Waals surface area (Å²) in [5.41, 5.74) is 3.69. The zero-order valence-electron chi connectivity index (χ0n) is 15.6. The van der Waals surface area contributed by atoms with Crippen molar-refractivity contribution >= 4 is 40.6 Å². The molecule has 142 valence electrons. The van der Waals surface area contributed by atoms with Crippen LogP contribution in [0.25, 0.3) is 6.08 Å². The Hall–Kier alpha value is -3.12. The second kappa shape index (κ2) is 8.71. The molecule has 2 aromatic carbocycles. The first kappa shape index (κ1) is 19.6. The minimum Gasteiger partial charge on any atom is -0.325 e. The van der Waals surface area contributed by atoms with Crippen LogP contribution >= 0.6 is 11.8 Å². The Labute approximate surface area is 168 Å². The molecule has 1 aliphatic heterocycles. The fraction of sp³-hybridized carbons (Fsp3) is 0.136. The van der Waals surface area contributed by atoms with Gasteiger partial charge in [0, 0.05) is 5.69 Å². The Morgan fingerprint density at radius 3 is 2.43 bits per heavy atom.